The van der Waals surface area contributed by atoms with Gasteiger partial charge in [-0.3, -0.25) is 0 Å². The van der Waals surface area contributed by atoms with Gasteiger partial charge in [0.05, 0.1) is 11.6 Å². The van der Waals surface area contributed by atoms with E-state index in [1.54, 1.807) is 0 Å². The van der Waals surface area contributed by atoms with Crippen molar-refractivity contribution in [2.75, 3.05) is 5.32 Å². The summed E-state index contributed by atoms with van der Waals surface area (Å²) < 4.78 is 0. The topological polar surface area (TPSA) is 35.8 Å². The van der Waals surface area contributed by atoms with Crippen molar-refractivity contribution in [3.8, 4) is 6.07 Å². The number of aryl methyl sites for hydroxylation is 2. The number of rotatable bonds is 4. The fourth-order valence-electron chi connectivity index (χ4n) is 2.14. The molecule has 2 rings (SSSR count). The van der Waals surface area contributed by atoms with Gasteiger partial charge in [-0.05, 0) is 37.1 Å². The Morgan fingerprint density at radius 3 is 2.70 bits per heavy atom. The fraction of sp³-hybridized carbons (Fsp3) is 0.167. The predicted molar refractivity (Wildman–Crippen MR) is 83.5 cm³/mol. The zero-order chi connectivity index (χ0) is 14.5. The van der Waals surface area contributed by atoms with Gasteiger partial charge < -0.3 is 5.32 Å². The maximum Gasteiger partial charge on any atom is 0.0995 e. The molecule has 0 aromatic heterocycles. The van der Waals surface area contributed by atoms with Crippen LogP contribution in [0.3, 0.4) is 0 Å². The average Bonchev–Trinajstić information content (AvgIpc) is 2.41. The number of anilines is 1. The minimum Gasteiger partial charge on any atom is -0.359 e. The van der Waals surface area contributed by atoms with Crippen LogP contribution in [0.25, 0.3) is 0 Å². The van der Waals surface area contributed by atoms with Gasteiger partial charge in [0.15, 0.2) is 0 Å². The molecule has 0 aliphatic rings. The van der Waals surface area contributed by atoms with E-state index in [1.807, 2.05) is 25.1 Å². The van der Waals surface area contributed by atoms with Gasteiger partial charge in [-0.15, -0.1) is 0 Å². The lowest BCUT2D eigenvalue weighted by Crippen LogP contribution is -2.02. The van der Waals surface area contributed by atoms with E-state index in [-0.39, 0.29) is 0 Å². The second kappa shape index (κ2) is 6.08. The lowest BCUT2D eigenvalue weighted by molar-refractivity contribution is 1.15. The molecule has 2 heteroatoms. The molecule has 0 aliphatic heterocycles. The maximum absolute atomic E-state index is 9.04. The Bertz CT molecular complexity index is 678. The largest absolute Gasteiger partial charge is 0.359 e. The van der Waals surface area contributed by atoms with Crippen molar-refractivity contribution >= 4 is 5.69 Å². The lowest BCUT2D eigenvalue weighted by atomic mass is 10.1. The van der Waals surface area contributed by atoms with Crippen LogP contribution in [0.2, 0.25) is 0 Å². The van der Waals surface area contributed by atoms with Gasteiger partial charge in [-0.2, -0.15) is 5.26 Å². The monoisotopic (exact) mass is 262 g/mol. The van der Waals surface area contributed by atoms with Gasteiger partial charge in [0.25, 0.3) is 0 Å². The summed E-state index contributed by atoms with van der Waals surface area (Å²) in [5, 5.41) is 12.3. The van der Waals surface area contributed by atoms with Gasteiger partial charge in [0.2, 0.25) is 0 Å². The molecule has 20 heavy (non-hydrogen) atoms. The number of hydrogen-bond donors (Lipinski definition) is 1. The number of nitrogens with one attached hydrogen (secondary N) is 1. The highest BCUT2D eigenvalue weighted by Gasteiger charge is 2.02. The Morgan fingerprint density at radius 1 is 1.20 bits per heavy atom. The van der Waals surface area contributed by atoms with Crippen molar-refractivity contribution in [2.45, 2.75) is 20.3 Å². The number of allylic oxidation sites excluding steroid dienone is 1. The van der Waals surface area contributed by atoms with Crippen LogP contribution < -0.4 is 5.32 Å². The van der Waals surface area contributed by atoms with Crippen molar-refractivity contribution in [2.24, 2.45) is 0 Å². The third kappa shape index (κ3) is 3.49. The van der Waals surface area contributed by atoms with E-state index in [1.165, 1.54) is 11.1 Å². The van der Waals surface area contributed by atoms with Gasteiger partial charge >= 0.3 is 0 Å². The highest BCUT2D eigenvalue weighted by molar-refractivity contribution is 5.55. The summed E-state index contributed by atoms with van der Waals surface area (Å²) in [5.41, 5.74) is 5.99. The summed E-state index contributed by atoms with van der Waals surface area (Å²) in [7, 11) is 0. The molecule has 2 aromatic rings. The molecule has 0 bridgehead atoms. The third-order valence-electron chi connectivity index (χ3n) is 3.18. The minimum absolute atomic E-state index is 0.693. The van der Waals surface area contributed by atoms with E-state index in [0.29, 0.717) is 5.56 Å². The average molecular weight is 262 g/mol. The number of benzene rings is 2. The first-order valence-corrected chi connectivity index (χ1v) is 6.59. The number of hydrogen-bond acceptors (Lipinski definition) is 2. The second-order valence-corrected chi connectivity index (χ2v) is 5.04. The molecule has 0 aliphatic carbocycles. The zero-order valence-corrected chi connectivity index (χ0v) is 11.9. The van der Waals surface area contributed by atoms with Gasteiger partial charge in [-0.25, -0.2) is 0 Å². The summed E-state index contributed by atoms with van der Waals surface area (Å²) >= 11 is 0. The summed E-state index contributed by atoms with van der Waals surface area (Å²) in [5.74, 6) is 0. The van der Waals surface area contributed by atoms with E-state index in [2.05, 4.69) is 49.2 Å². The first kappa shape index (κ1) is 13.9. The Morgan fingerprint density at radius 2 is 2.00 bits per heavy atom. The van der Waals surface area contributed by atoms with E-state index in [4.69, 9.17) is 5.26 Å². The zero-order valence-electron chi connectivity index (χ0n) is 11.9. The summed E-state index contributed by atoms with van der Waals surface area (Å²) in [4.78, 5) is 0. The standard InChI is InChI=1S/C18H18N2/c1-13-5-4-6-16(9-13)10-15(3)20-18-8-7-14(2)17(11-18)12-19/h4-9,11,20H,3,10H2,1-2H3. The third-order valence-corrected chi connectivity index (χ3v) is 3.18. The minimum atomic E-state index is 0.693. The molecular formula is C18H18N2. The van der Waals surface area contributed by atoms with Crippen LogP contribution in [0, 0.1) is 25.2 Å². The van der Waals surface area contributed by atoms with Gasteiger partial charge in [0.1, 0.15) is 0 Å². The van der Waals surface area contributed by atoms with Crippen molar-refractivity contribution in [1.82, 2.24) is 0 Å². The molecule has 2 aromatic carbocycles. The number of nitriles is 1. The summed E-state index contributed by atoms with van der Waals surface area (Å²) in [6.45, 7) is 8.08. The van der Waals surface area contributed by atoms with E-state index in [0.717, 1.165) is 23.4 Å². The van der Waals surface area contributed by atoms with Crippen LogP contribution in [0.1, 0.15) is 22.3 Å². The quantitative estimate of drug-likeness (QED) is 0.889. The van der Waals surface area contributed by atoms with Crippen LogP contribution >= 0.6 is 0 Å². The highest BCUT2D eigenvalue weighted by Crippen LogP contribution is 2.17. The second-order valence-electron chi connectivity index (χ2n) is 5.04. The molecule has 0 radical (unpaired) electrons. The lowest BCUT2D eigenvalue weighted by Gasteiger charge is -2.11. The van der Waals surface area contributed by atoms with Gasteiger partial charge in [0, 0.05) is 17.8 Å². The molecule has 0 fully saturated rings. The predicted octanol–water partition coefficient (Wildman–Crippen LogP) is 4.34. The molecule has 0 saturated heterocycles. The summed E-state index contributed by atoms with van der Waals surface area (Å²) in [6.07, 6.45) is 0.775. The Balaban J connectivity index is 2.07. The van der Waals surface area contributed by atoms with Crippen LogP contribution in [0.15, 0.2) is 54.7 Å². The van der Waals surface area contributed by atoms with E-state index in [9.17, 15) is 0 Å². The van der Waals surface area contributed by atoms with Crippen LogP contribution in [-0.4, -0.2) is 0 Å². The van der Waals surface area contributed by atoms with Gasteiger partial charge in [-0.1, -0.05) is 42.5 Å². The van der Waals surface area contributed by atoms with Crippen LogP contribution in [0.4, 0.5) is 5.69 Å². The molecule has 0 atom stereocenters. The van der Waals surface area contributed by atoms with E-state index >= 15 is 0 Å². The molecule has 1 N–H and O–H groups in total. The Hall–Kier alpha value is -2.53. The van der Waals surface area contributed by atoms with Crippen LogP contribution in [-0.2, 0) is 6.42 Å². The molecule has 0 saturated carbocycles. The SMILES string of the molecule is C=C(Cc1cccc(C)c1)Nc1ccc(C)c(C#N)c1. The Kier molecular flexibility index (Phi) is 4.22. The normalized spacial score (nSPS) is 9.85. The maximum atomic E-state index is 9.04. The fourth-order valence-corrected chi connectivity index (χ4v) is 2.14. The molecule has 0 heterocycles. The summed E-state index contributed by atoms with van der Waals surface area (Å²) in [6, 6.07) is 16.4. The first-order valence-electron chi connectivity index (χ1n) is 6.59. The molecule has 100 valence electrons. The smallest absolute Gasteiger partial charge is 0.0995 e. The van der Waals surface area contributed by atoms with Crippen molar-refractivity contribution in [3.63, 3.8) is 0 Å². The van der Waals surface area contributed by atoms with Crippen molar-refractivity contribution < 1.29 is 0 Å². The molecule has 0 amide bonds. The molecule has 0 spiro atoms. The van der Waals surface area contributed by atoms with Crippen LogP contribution in [0.5, 0.6) is 0 Å². The van der Waals surface area contributed by atoms with Crippen molar-refractivity contribution in [1.29, 1.82) is 5.26 Å². The first-order chi connectivity index (χ1) is 9.58. The molecule has 0 unspecified atom stereocenters. The highest BCUT2D eigenvalue weighted by atomic mass is 14.9. The molecular weight excluding hydrogens is 244 g/mol. The Labute approximate surface area is 120 Å². The molecule has 2 nitrogen and oxygen atoms in total. The van der Waals surface area contributed by atoms with Crippen molar-refractivity contribution in [3.05, 3.63) is 77.0 Å². The van der Waals surface area contributed by atoms with E-state index < -0.39 is 0 Å². The number of nitrogens with zero attached hydrogens (tertiary/aromatic N) is 1.